The number of rotatable bonds is 3. The molecule has 0 amide bonds. The number of fused-ring (bicyclic) bond motifs is 3. The SMILES string of the molecule is C[C@H]1Cn2c(nnc2C(F)(F)c2ccccc2Cl)-c2cnc(C(C)(O)C(F)(F)F)n21. The van der Waals surface area contributed by atoms with Gasteiger partial charge in [-0.05, 0) is 19.9 Å². The number of nitrogens with zero attached hydrogens (tertiary/aromatic N) is 5. The molecule has 3 heterocycles. The van der Waals surface area contributed by atoms with Crippen molar-refractivity contribution in [3.05, 3.63) is 52.7 Å². The van der Waals surface area contributed by atoms with Crippen LogP contribution >= 0.6 is 11.6 Å². The van der Waals surface area contributed by atoms with Crippen LogP contribution in [0.1, 0.15) is 37.1 Å². The van der Waals surface area contributed by atoms with Crippen LogP contribution in [0.5, 0.6) is 0 Å². The highest BCUT2D eigenvalue weighted by molar-refractivity contribution is 6.31. The van der Waals surface area contributed by atoms with Gasteiger partial charge >= 0.3 is 12.1 Å². The summed E-state index contributed by atoms with van der Waals surface area (Å²) < 4.78 is 72.7. The average Bonchev–Trinajstić information content (AvgIpc) is 3.25. The molecule has 4 rings (SSSR count). The molecule has 30 heavy (non-hydrogen) atoms. The molecule has 1 unspecified atom stereocenters. The highest BCUT2D eigenvalue weighted by Gasteiger charge is 2.55. The first-order valence-corrected chi connectivity index (χ1v) is 9.18. The quantitative estimate of drug-likeness (QED) is 0.608. The van der Waals surface area contributed by atoms with E-state index < -0.39 is 41.0 Å². The fraction of sp³-hybridized carbons (Fsp3) is 0.389. The molecule has 0 fully saturated rings. The highest BCUT2D eigenvalue weighted by Crippen LogP contribution is 2.44. The number of hydrogen-bond acceptors (Lipinski definition) is 4. The lowest BCUT2D eigenvalue weighted by Crippen LogP contribution is -2.43. The monoisotopic (exact) mass is 447 g/mol. The van der Waals surface area contributed by atoms with Crippen molar-refractivity contribution in [2.45, 2.75) is 44.1 Å². The summed E-state index contributed by atoms with van der Waals surface area (Å²) in [6.07, 6.45) is -3.93. The van der Waals surface area contributed by atoms with Gasteiger partial charge in [-0.15, -0.1) is 10.2 Å². The molecule has 0 saturated heterocycles. The minimum atomic E-state index is -4.98. The van der Waals surface area contributed by atoms with Crippen LogP contribution in [0.2, 0.25) is 5.02 Å². The molecule has 0 bridgehead atoms. The molecule has 1 aromatic carbocycles. The van der Waals surface area contributed by atoms with Crippen molar-refractivity contribution in [2.75, 3.05) is 0 Å². The summed E-state index contributed by atoms with van der Waals surface area (Å²) in [5.41, 5.74) is -3.65. The number of aliphatic hydroxyl groups is 1. The second kappa shape index (κ2) is 6.48. The Hall–Kier alpha value is -2.53. The van der Waals surface area contributed by atoms with Gasteiger partial charge in [-0.1, -0.05) is 29.8 Å². The van der Waals surface area contributed by atoms with Crippen molar-refractivity contribution in [1.82, 2.24) is 24.3 Å². The van der Waals surface area contributed by atoms with Crippen LogP contribution in [-0.4, -0.2) is 35.6 Å². The summed E-state index contributed by atoms with van der Waals surface area (Å²) >= 11 is 5.93. The topological polar surface area (TPSA) is 68.8 Å². The summed E-state index contributed by atoms with van der Waals surface area (Å²) in [4.78, 5) is 3.73. The molecule has 1 N–H and O–H groups in total. The molecule has 160 valence electrons. The van der Waals surface area contributed by atoms with Gasteiger partial charge in [0.1, 0.15) is 5.69 Å². The molecular formula is C18H15ClF5N5O. The number of hydrogen-bond donors (Lipinski definition) is 1. The lowest BCUT2D eigenvalue weighted by Gasteiger charge is -2.32. The molecular weight excluding hydrogens is 433 g/mol. The molecule has 2 aromatic heterocycles. The Kier molecular flexibility index (Phi) is 4.48. The zero-order valence-corrected chi connectivity index (χ0v) is 16.4. The predicted octanol–water partition coefficient (Wildman–Crippen LogP) is 4.28. The predicted molar refractivity (Wildman–Crippen MR) is 96.0 cm³/mol. The van der Waals surface area contributed by atoms with Crippen LogP contribution in [0.25, 0.3) is 11.5 Å². The standard InChI is InChI=1S/C18H15ClF5N5O/c1-9-8-28-13(12-7-25-14(29(9)12)16(2,30)18(22,23)24)26-27-15(28)17(20,21)10-5-3-4-6-11(10)19/h3-7,9,30H,8H2,1-2H3/t9-,16?/m0/s1. The van der Waals surface area contributed by atoms with Crippen molar-refractivity contribution < 1.29 is 27.1 Å². The molecule has 2 atom stereocenters. The summed E-state index contributed by atoms with van der Waals surface area (Å²) in [5, 5.41) is 17.3. The van der Waals surface area contributed by atoms with E-state index in [1.165, 1.54) is 31.2 Å². The smallest absolute Gasteiger partial charge is 0.374 e. The summed E-state index contributed by atoms with van der Waals surface area (Å²) in [6, 6.07) is 4.66. The fourth-order valence-corrected chi connectivity index (χ4v) is 3.79. The van der Waals surface area contributed by atoms with Gasteiger partial charge in [-0.3, -0.25) is 0 Å². The number of alkyl halides is 5. The van der Waals surface area contributed by atoms with E-state index in [1.54, 1.807) is 0 Å². The molecule has 12 heteroatoms. The van der Waals surface area contributed by atoms with E-state index in [4.69, 9.17) is 11.6 Å². The Bertz CT molecular complexity index is 1120. The normalized spacial score (nSPS) is 18.6. The van der Waals surface area contributed by atoms with Crippen molar-refractivity contribution in [1.29, 1.82) is 0 Å². The van der Waals surface area contributed by atoms with Gasteiger partial charge in [-0.2, -0.15) is 22.0 Å². The first kappa shape index (κ1) is 20.7. The van der Waals surface area contributed by atoms with Gasteiger partial charge in [0.2, 0.25) is 11.4 Å². The van der Waals surface area contributed by atoms with Crippen molar-refractivity contribution in [2.24, 2.45) is 0 Å². The van der Waals surface area contributed by atoms with Crippen molar-refractivity contribution in [3.63, 3.8) is 0 Å². The van der Waals surface area contributed by atoms with E-state index in [0.717, 1.165) is 15.3 Å². The largest absolute Gasteiger partial charge is 0.424 e. The number of halogens is 6. The van der Waals surface area contributed by atoms with Gasteiger partial charge in [0.15, 0.2) is 11.6 Å². The molecule has 0 spiro atoms. The van der Waals surface area contributed by atoms with Crippen LogP contribution in [0.4, 0.5) is 22.0 Å². The van der Waals surface area contributed by atoms with Crippen LogP contribution in [-0.2, 0) is 18.1 Å². The number of benzene rings is 1. The van der Waals surface area contributed by atoms with E-state index in [1.807, 2.05) is 0 Å². The maximum Gasteiger partial charge on any atom is 0.424 e. The third-order valence-corrected chi connectivity index (χ3v) is 5.47. The van der Waals surface area contributed by atoms with Crippen LogP contribution in [0.3, 0.4) is 0 Å². The third kappa shape index (κ3) is 2.83. The van der Waals surface area contributed by atoms with Crippen molar-refractivity contribution >= 4 is 11.6 Å². The van der Waals surface area contributed by atoms with Crippen LogP contribution in [0, 0.1) is 0 Å². The Morgan fingerprint density at radius 1 is 1.10 bits per heavy atom. The van der Waals surface area contributed by atoms with Crippen molar-refractivity contribution in [3.8, 4) is 11.5 Å². The average molecular weight is 448 g/mol. The highest BCUT2D eigenvalue weighted by atomic mass is 35.5. The lowest BCUT2D eigenvalue weighted by molar-refractivity contribution is -0.262. The summed E-state index contributed by atoms with van der Waals surface area (Å²) in [5.74, 6) is -5.00. The van der Waals surface area contributed by atoms with Crippen LogP contribution < -0.4 is 0 Å². The number of aromatic nitrogens is 5. The van der Waals surface area contributed by atoms with Gasteiger partial charge in [0, 0.05) is 12.1 Å². The maximum atomic E-state index is 15.2. The van der Waals surface area contributed by atoms with E-state index in [2.05, 4.69) is 15.2 Å². The third-order valence-electron chi connectivity index (χ3n) is 5.14. The Labute approximate surface area is 171 Å². The molecule has 6 nitrogen and oxygen atoms in total. The second-order valence-electron chi connectivity index (χ2n) is 7.27. The molecule has 0 saturated carbocycles. The zero-order chi connectivity index (χ0) is 22.1. The molecule has 0 aliphatic carbocycles. The zero-order valence-electron chi connectivity index (χ0n) is 15.6. The first-order chi connectivity index (χ1) is 13.9. The molecule has 0 radical (unpaired) electrons. The summed E-state index contributed by atoms with van der Waals surface area (Å²) in [6.45, 7) is 1.97. The van der Waals surface area contributed by atoms with Gasteiger partial charge in [0.05, 0.1) is 17.3 Å². The van der Waals surface area contributed by atoms with E-state index in [0.29, 0.717) is 6.92 Å². The van der Waals surface area contributed by atoms with Gasteiger partial charge in [-0.25, -0.2) is 4.98 Å². The second-order valence-corrected chi connectivity index (χ2v) is 7.68. The Morgan fingerprint density at radius 2 is 1.77 bits per heavy atom. The molecule has 1 aliphatic rings. The Balaban J connectivity index is 1.86. The minimum absolute atomic E-state index is 0.0435. The maximum absolute atomic E-state index is 15.2. The Morgan fingerprint density at radius 3 is 2.40 bits per heavy atom. The molecule has 1 aliphatic heterocycles. The van der Waals surface area contributed by atoms with E-state index in [-0.39, 0.29) is 23.1 Å². The summed E-state index contributed by atoms with van der Waals surface area (Å²) in [7, 11) is 0. The lowest BCUT2D eigenvalue weighted by atomic mass is 10.0. The molecule has 3 aromatic rings. The fourth-order valence-electron chi connectivity index (χ4n) is 3.54. The van der Waals surface area contributed by atoms with Crippen LogP contribution in [0.15, 0.2) is 30.5 Å². The number of imidazole rings is 1. The van der Waals surface area contributed by atoms with Gasteiger partial charge in [0.25, 0.3) is 0 Å². The van der Waals surface area contributed by atoms with E-state index in [9.17, 15) is 18.3 Å². The minimum Gasteiger partial charge on any atom is -0.374 e. The van der Waals surface area contributed by atoms with Gasteiger partial charge < -0.3 is 14.2 Å². The first-order valence-electron chi connectivity index (χ1n) is 8.81. The van der Waals surface area contributed by atoms with E-state index >= 15 is 8.78 Å².